The second-order valence-electron chi connectivity index (χ2n) is 7.69. The Labute approximate surface area is 179 Å². The number of carbonyl (C=O) groups excluding carboxylic acids is 1. The fourth-order valence-corrected chi connectivity index (χ4v) is 4.16. The molecule has 2 aliphatic rings. The van der Waals surface area contributed by atoms with Crippen LogP contribution in [-0.4, -0.2) is 29.6 Å². The van der Waals surface area contributed by atoms with E-state index >= 15 is 0 Å². The molecule has 31 heavy (non-hydrogen) atoms. The number of primary amides is 1. The molecule has 0 saturated heterocycles. The zero-order valence-corrected chi connectivity index (χ0v) is 17.0. The minimum absolute atomic E-state index is 0.0233. The molecule has 156 valence electrons. The molecule has 2 aliphatic heterocycles. The third-order valence-corrected chi connectivity index (χ3v) is 5.72. The predicted molar refractivity (Wildman–Crippen MR) is 116 cm³/mol. The van der Waals surface area contributed by atoms with E-state index in [0.717, 1.165) is 34.2 Å². The summed E-state index contributed by atoms with van der Waals surface area (Å²) in [6, 6.07) is 18.9. The Balaban J connectivity index is 1.59. The third kappa shape index (κ3) is 3.59. The Bertz CT molecular complexity index is 1150. The molecule has 3 unspecified atom stereocenters. The quantitative estimate of drug-likeness (QED) is 0.683. The van der Waals surface area contributed by atoms with E-state index in [-0.39, 0.29) is 24.8 Å². The maximum Gasteiger partial charge on any atom is 0.248 e. The minimum atomic E-state index is -0.452. The summed E-state index contributed by atoms with van der Waals surface area (Å²) in [4.78, 5) is 21.1. The number of carbonyl (C=O) groups is 1. The van der Waals surface area contributed by atoms with Crippen LogP contribution in [0.15, 0.2) is 71.9 Å². The van der Waals surface area contributed by atoms with Crippen LogP contribution in [0, 0.1) is 0 Å². The van der Waals surface area contributed by atoms with Gasteiger partial charge in [-0.15, -0.1) is 0 Å². The van der Waals surface area contributed by atoms with E-state index < -0.39 is 5.91 Å². The number of amides is 1. The number of amidine groups is 1. The topological polar surface area (TPSA) is 98.8 Å². The molecule has 0 bridgehead atoms. The number of nitrogens with one attached hydrogen (secondary N) is 1. The van der Waals surface area contributed by atoms with Crippen LogP contribution in [0.3, 0.4) is 0 Å². The smallest absolute Gasteiger partial charge is 0.248 e. The number of nitrogens with zero attached hydrogens (tertiary/aromatic N) is 2. The summed E-state index contributed by atoms with van der Waals surface area (Å²) in [6.45, 7) is 2.36. The lowest BCUT2D eigenvalue weighted by Crippen LogP contribution is -2.44. The number of pyridine rings is 1. The minimum Gasteiger partial charge on any atom is -0.454 e. The zero-order valence-electron chi connectivity index (χ0n) is 17.0. The highest BCUT2D eigenvalue weighted by atomic mass is 16.7. The van der Waals surface area contributed by atoms with E-state index in [1.807, 2.05) is 48.5 Å². The average molecular weight is 414 g/mol. The highest BCUT2D eigenvalue weighted by Crippen LogP contribution is 2.42. The molecule has 3 N–H and O–H groups in total. The van der Waals surface area contributed by atoms with E-state index in [1.54, 1.807) is 18.3 Å². The first kappa shape index (κ1) is 19.1. The Hall–Kier alpha value is -3.87. The van der Waals surface area contributed by atoms with Crippen molar-refractivity contribution in [3.05, 3.63) is 89.2 Å². The van der Waals surface area contributed by atoms with Crippen LogP contribution < -0.4 is 20.5 Å². The summed E-state index contributed by atoms with van der Waals surface area (Å²) in [6.07, 6.45) is 1.81. The summed E-state index contributed by atoms with van der Waals surface area (Å²) in [5.74, 6) is 1.80. The highest BCUT2D eigenvalue weighted by Gasteiger charge is 2.36. The molecule has 2 aromatic carbocycles. The van der Waals surface area contributed by atoms with Gasteiger partial charge in [0.2, 0.25) is 12.7 Å². The van der Waals surface area contributed by atoms with Gasteiger partial charge in [0.05, 0.1) is 6.04 Å². The van der Waals surface area contributed by atoms with Crippen LogP contribution in [0.25, 0.3) is 0 Å². The Morgan fingerprint density at radius 3 is 2.61 bits per heavy atom. The molecule has 0 fully saturated rings. The fraction of sp³-hybridized carbons (Fsp3) is 0.208. The van der Waals surface area contributed by atoms with Crippen molar-refractivity contribution < 1.29 is 14.3 Å². The van der Waals surface area contributed by atoms with Crippen molar-refractivity contribution >= 4 is 11.7 Å². The lowest BCUT2D eigenvalue weighted by atomic mass is 9.83. The van der Waals surface area contributed by atoms with Crippen molar-refractivity contribution in [1.29, 1.82) is 0 Å². The molecular weight excluding hydrogens is 392 g/mol. The van der Waals surface area contributed by atoms with Gasteiger partial charge in [-0.05, 0) is 48.9 Å². The van der Waals surface area contributed by atoms with Gasteiger partial charge in [0.25, 0.3) is 0 Å². The van der Waals surface area contributed by atoms with Crippen LogP contribution in [-0.2, 0) is 0 Å². The highest BCUT2D eigenvalue weighted by molar-refractivity contribution is 6.01. The van der Waals surface area contributed by atoms with Gasteiger partial charge in [0.1, 0.15) is 5.84 Å². The SMILES string of the molecule is CC1NC(c2ccc(C(N)=O)cc2)=NC(c2ccc3c(c2)OCO3)C1c1ccccn1. The van der Waals surface area contributed by atoms with Crippen molar-refractivity contribution in [3.8, 4) is 11.5 Å². The molecule has 1 amide bonds. The summed E-state index contributed by atoms with van der Waals surface area (Å²) < 4.78 is 11.1. The molecule has 3 aromatic rings. The number of benzene rings is 2. The van der Waals surface area contributed by atoms with Crippen molar-refractivity contribution in [2.45, 2.75) is 24.9 Å². The predicted octanol–water partition coefficient (Wildman–Crippen LogP) is 3.17. The van der Waals surface area contributed by atoms with Crippen LogP contribution in [0.4, 0.5) is 0 Å². The zero-order chi connectivity index (χ0) is 21.4. The van der Waals surface area contributed by atoms with Crippen molar-refractivity contribution in [1.82, 2.24) is 10.3 Å². The van der Waals surface area contributed by atoms with E-state index in [1.165, 1.54) is 0 Å². The number of rotatable bonds is 4. The molecule has 5 rings (SSSR count). The first-order chi connectivity index (χ1) is 15.1. The van der Waals surface area contributed by atoms with Gasteiger partial charge in [-0.3, -0.25) is 14.8 Å². The molecule has 0 saturated carbocycles. The van der Waals surface area contributed by atoms with Gasteiger partial charge < -0.3 is 20.5 Å². The van der Waals surface area contributed by atoms with Gasteiger partial charge in [0.15, 0.2) is 11.5 Å². The van der Waals surface area contributed by atoms with Crippen LogP contribution in [0.1, 0.15) is 46.1 Å². The number of ether oxygens (including phenoxy) is 2. The Morgan fingerprint density at radius 1 is 1.06 bits per heavy atom. The maximum absolute atomic E-state index is 11.4. The second-order valence-corrected chi connectivity index (χ2v) is 7.69. The lowest BCUT2D eigenvalue weighted by Gasteiger charge is -2.36. The lowest BCUT2D eigenvalue weighted by molar-refractivity contribution is 0.1000. The molecule has 7 heteroatoms. The second kappa shape index (κ2) is 7.75. The van der Waals surface area contributed by atoms with Crippen LogP contribution >= 0.6 is 0 Å². The van der Waals surface area contributed by atoms with Gasteiger partial charge >= 0.3 is 0 Å². The molecule has 3 heterocycles. The summed E-state index contributed by atoms with van der Waals surface area (Å²) in [7, 11) is 0. The first-order valence-electron chi connectivity index (χ1n) is 10.2. The monoisotopic (exact) mass is 414 g/mol. The summed E-state index contributed by atoms with van der Waals surface area (Å²) in [5.41, 5.74) is 8.73. The van der Waals surface area contributed by atoms with Gasteiger partial charge in [-0.25, -0.2) is 0 Å². The number of fused-ring (bicyclic) bond motifs is 1. The molecule has 1 aromatic heterocycles. The number of aliphatic imine (C=N–C) groups is 1. The molecular formula is C24H22N4O3. The molecule has 7 nitrogen and oxygen atoms in total. The fourth-order valence-electron chi connectivity index (χ4n) is 4.16. The normalized spacial score (nSPS) is 21.8. The molecule has 0 aliphatic carbocycles. The van der Waals surface area contributed by atoms with Gasteiger partial charge in [-0.1, -0.05) is 24.3 Å². The number of hydrogen-bond acceptors (Lipinski definition) is 6. The molecule has 0 spiro atoms. The Kier molecular flexibility index (Phi) is 4.78. The van der Waals surface area contributed by atoms with E-state index in [0.29, 0.717) is 5.56 Å². The molecule has 0 radical (unpaired) electrons. The largest absolute Gasteiger partial charge is 0.454 e. The van der Waals surface area contributed by atoms with Crippen LogP contribution in [0.5, 0.6) is 11.5 Å². The van der Waals surface area contributed by atoms with E-state index in [4.69, 9.17) is 20.2 Å². The van der Waals surface area contributed by atoms with Crippen molar-refractivity contribution in [3.63, 3.8) is 0 Å². The van der Waals surface area contributed by atoms with Crippen molar-refractivity contribution in [2.75, 3.05) is 6.79 Å². The summed E-state index contributed by atoms with van der Waals surface area (Å²) >= 11 is 0. The standard InChI is InChI=1S/C24H22N4O3/c1-14-21(18-4-2-3-11-26-18)22(17-9-10-19-20(12-17)31-13-30-19)28-24(27-14)16-7-5-15(6-8-16)23(25)29/h2-12,14,21-22H,13H2,1H3,(H2,25,29)(H,27,28). The van der Waals surface area contributed by atoms with E-state index in [9.17, 15) is 4.79 Å². The number of aromatic nitrogens is 1. The third-order valence-electron chi connectivity index (χ3n) is 5.72. The maximum atomic E-state index is 11.4. The number of hydrogen-bond donors (Lipinski definition) is 2. The summed E-state index contributed by atoms with van der Waals surface area (Å²) in [5, 5.41) is 3.52. The van der Waals surface area contributed by atoms with Gasteiger partial charge in [0, 0.05) is 35.0 Å². The molecule has 3 atom stereocenters. The van der Waals surface area contributed by atoms with E-state index in [2.05, 4.69) is 17.2 Å². The van der Waals surface area contributed by atoms with Gasteiger partial charge in [-0.2, -0.15) is 0 Å². The Morgan fingerprint density at radius 2 is 1.87 bits per heavy atom. The van der Waals surface area contributed by atoms with Crippen LogP contribution in [0.2, 0.25) is 0 Å². The average Bonchev–Trinajstić information content (AvgIpc) is 3.27. The van der Waals surface area contributed by atoms with Crippen molar-refractivity contribution in [2.24, 2.45) is 10.7 Å². The first-order valence-corrected chi connectivity index (χ1v) is 10.2. The number of nitrogens with two attached hydrogens (primary N) is 1.